The summed E-state index contributed by atoms with van der Waals surface area (Å²) in [6.45, 7) is 0. The van der Waals surface area contributed by atoms with Crippen molar-refractivity contribution in [3.63, 3.8) is 0 Å². The number of fused-ring (bicyclic) bond motifs is 6. The third-order valence-corrected chi connectivity index (χ3v) is 10.8. The smallest absolute Gasteiger partial charge is 0.160 e. The van der Waals surface area contributed by atoms with Crippen molar-refractivity contribution in [3.05, 3.63) is 194 Å². The molecule has 11 rings (SSSR count). The fraction of sp³-hybridized carbons (Fsp3) is 0. The highest BCUT2D eigenvalue weighted by molar-refractivity contribution is 6.16. The number of hydrogen-bond donors (Lipinski definition) is 0. The van der Waals surface area contributed by atoms with Crippen LogP contribution in [0.5, 0.6) is 0 Å². The van der Waals surface area contributed by atoms with Crippen LogP contribution in [0.25, 0.3) is 111 Å². The number of rotatable bonds is 5. The molecule has 56 heavy (non-hydrogen) atoms. The molecular formula is C52H32N4. The Morgan fingerprint density at radius 1 is 0.268 bits per heavy atom. The van der Waals surface area contributed by atoms with Crippen molar-refractivity contribution in [1.29, 1.82) is 0 Å². The Kier molecular flexibility index (Phi) is 7.46. The minimum absolute atomic E-state index is 0.704. The van der Waals surface area contributed by atoms with E-state index < -0.39 is 0 Å². The van der Waals surface area contributed by atoms with E-state index in [1.165, 1.54) is 11.1 Å². The van der Waals surface area contributed by atoms with Crippen LogP contribution in [0.2, 0.25) is 0 Å². The molecular weight excluding hydrogens is 681 g/mol. The highest BCUT2D eigenvalue weighted by atomic mass is 14.9. The van der Waals surface area contributed by atoms with Crippen LogP contribution in [0, 0.1) is 0 Å². The lowest BCUT2D eigenvalue weighted by Gasteiger charge is -2.13. The van der Waals surface area contributed by atoms with Gasteiger partial charge in [-0.1, -0.05) is 152 Å². The van der Waals surface area contributed by atoms with E-state index in [9.17, 15) is 0 Å². The molecule has 0 aliphatic carbocycles. The van der Waals surface area contributed by atoms with E-state index in [1.807, 2.05) is 36.4 Å². The maximum Gasteiger partial charge on any atom is 0.160 e. The Bertz CT molecular complexity index is 3230. The van der Waals surface area contributed by atoms with Gasteiger partial charge >= 0.3 is 0 Å². The fourth-order valence-corrected chi connectivity index (χ4v) is 8.00. The second-order valence-electron chi connectivity index (χ2n) is 14.3. The first-order valence-corrected chi connectivity index (χ1v) is 18.9. The van der Waals surface area contributed by atoms with Gasteiger partial charge in [-0.25, -0.2) is 19.9 Å². The number of aromatic nitrogens is 4. The molecule has 11 aromatic rings. The molecule has 0 N–H and O–H groups in total. The van der Waals surface area contributed by atoms with E-state index in [1.54, 1.807) is 0 Å². The van der Waals surface area contributed by atoms with Gasteiger partial charge in [0.25, 0.3) is 0 Å². The van der Waals surface area contributed by atoms with Gasteiger partial charge in [-0.2, -0.15) is 0 Å². The fourth-order valence-electron chi connectivity index (χ4n) is 8.00. The van der Waals surface area contributed by atoms with Crippen molar-refractivity contribution in [2.45, 2.75) is 0 Å². The zero-order valence-corrected chi connectivity index (χ0v) is 30.3. The summed E-state index contributed by atoms with van der Waals surface area (Å²) in [5.41, 5.74) is 12.0. The van der Waals surface area contributed by atoms with Crippen molar-refractivity contribution < 1.29 is 0 Å². The maximum atomic E-state index is 5.31. The summed E-state index contributed by atoms with van der Waals surface area (Å²) < 4.78 is 0. The molecule has 0 radical (unpaired) electrons. The first-order valence-electron chi connectivity index (χ1n) is 18.9. The number of pyridine rings is 2. The van der Waals surface area contributed by atoms with E-state index in [4.69, 9.17) is 19.9 Å². The molecule has 0 aliphatic rings. The Hall–Kier alpha value is -7.56. The molecule has 0 aliphatic heterocycles. The normalized spacial score (nSPS) is 11.6. The molecule has 0 unspecified atom stereocenters. The molecule has 0 atom stereocenters. The topological polar surface area (TPSA) is 51.6 Å². The highest BCUT2D eigenvalue weighted by Gasteiger charge is 2.16. The highest BCUT2D eigenvalue weighted by Crippen LogP contribution is 2.38. The van der Waals surface area contributed by atoms with Crippen LogP contribution >= 0.6 is 0 Å². The third kappa shape index (κ3) is 5.55. The number of hydrogen-bond acceptors (Lipinski definition) is 4. The van der Waals surface area contributed by atoms with Crippen LogP contribution < -0.4 is 0 Å². The lowest BCUT2D eigenvalue weighted by Crippen LogP contribution is -1.96. The molecule has 3 aromatic heterocycles. The van der Waals surface area contributed by atoms with Gasteiger partial charge in [-0.05, 0) is 69.6 Å². The van der Waals surface area contributed by atoms with Gasteiger partial charge in [0.1, 0.15) is 0 Å². The Morgan fingerprint density at radius 2 is 0.821 bits per heavy atom. The van der Waals surface area contributed by atoms with Gasteiger partial charge in [0.05, 0.1) is 33.6 Å². The van der Waals surface area contributed by atoms with Crippen molar-refractivity contribution >= 4 is 54.3 Å². The Morgan fingerprint density at radius 3 is 1.50 bits per heavy atom. The third-order valence-electron chi connectivity index (χ3n) is 10.8. The molecule has 4 heteroatoms. The summed E-state index contributed by atoms with van der Waals surface area (Å²) in [5, 5.41) is 7.93. The van der Waals surface area contributed by atoms with E-state index >= 15 is 0 Å². The van der Waals surface area contributed by atoms with E-state index in [0.717, 1.165) is 93.6 Å². The van der Waals surface area contributed by atoms with Crippen LogP contribution in [0.15, 0.2) is 194 Å². The number of benzene rings is 8. The molecule has 260 valence electrons. The molecule has 0 amide bonds. The second-order valence-corrected chi connectivity index (χ2v) is 14.3. The average molecular weight is 713 g/mol. The molecule has 0 saturated heterocycles. The predicted molar refractivity (Wildman–Crippen MR) is 232 cm³/mol. The summed E-state index contributed by atoms with van der Waals surface area (Å²) >= 11 is 0. The average Bonchev–Trinajstić information content (AvgIpc) is 3.27. The monoisotopic (exact) mass is 712 g/mol. The van der Waals surface area contributed by atoms with Crippen LogP contribution in [-0.2, 0) is 0 Å². The van der Waals surface area contributed by atoms with E-state index in [2.05, 4.69) is 158 Å². The van der Waals surface area contributed by atoms with Gasteiger partial charge < -0.3 is 0 Å². The van der Waals surface area contributed by atoms with Crippen molar-refractivity contribution in [2.75, 3.05) is 0 Å². The summed E-state index contributed by atoms with van der Waals surface area (Å²) in [7, 11) is 0. The maximum absolute atomic E-state index is 5.31. The molecule has 3 heterocycles. The first kappa shape index (κ1) is 31.9. The SMILES string of the molecule is c1ccc(-c2cc(-c3ccccc3)nc(-c3ccc4cc5cc(-c6ccc7ccc8c(-c9ccccc9)c9ccccc9nc8c7n6)ccc5cc4c3)n2)cc1. The van der Waals surface area contributed by atoms with Gasteiger partial charge in [0, 0.05) is 44.0 Å². The summed E-state index contributed by atoms with van der Waals surface area (Å²) in [5.74, 6) is 0.704. The van der Waals surface area contributed by atoms with Crippen LogP contribution in [0.1, 0.15) is 0 Å². The molecule has 0 spiro atoms. The minimum Gasteiger partial charge on any atom is -0.245 e. The summed E-state index contributed by atoms with van der Waals surface area (Å²) in [6.07, 6.45) is 0. The number of nitrogens with zero attached hydrogens (tertiary/aromatic N) is 4. The van der Waals surface area contributed by atoms with Crippen LogP contribution in [-0.4, -0.2) is 19.9 Å². The lowest BCUT2D eigenvalue weighted by molar-refractivity contribution is 1.18. The van der Waals surface area contributed by atoms with Crippen molar-refractivity contribution in [3.8, 4) is 56.3 Å². The van der Waals surface area contributed by atoms with Crippen molar-refractivity contribution in [1.82, 2.24) is 19.9 Å². The van der Waals surface area contributed by atoms with Gasteiger partial charge in [0.2, 0.25) is 0 Å². The largest absolute Gasteiger partial charge is 0.245 e. The summed E-state index contributed by atoms with van der Waals surface area (Å²) in [4.78, 5) is 20.7. The Labute approximate surface area is 323 Å². The van der Waals surface area contributed by atoms with Gasteiger partial charge in [-0.15, -0.1) is 0 Å². The standard InChI is InChI=1S/C52H32N4/c1-4-12-33(13-5-1)47-32-48(34-14-6-2-7-15-34)56-52(55-47)40-23-21-38-28-41-30-39(22-20-37(41)29-42(38)31-40)45-27-25-36-24-26-44-49(35-16-8-3-9-17-35)43-18-10-11-19-46(43)54-51(44)50(36)53-45/h1-32H. The lowest BCUT2D eigenvalue weighted by atomic mass is 9.95. The number of para-hydroxylation sites is 1. The first-order chi connectivity index (χ1) is 27.7. The molecule has 4 nitrogen and oxygen atoms in total. The zero-order valence-electron chi connectivity index (χ0n) is 30.3. The summed E-state index contributed by atoms with van der Waals surface area (Å²) in [6, 6.07) is 68.0. The second kappa shape index (κ2) is 13.1. The quantitative estimate of drug-likeness (QED) is 0.132. The Balaban J connectivity index is 1.01. The van der Waals surface area contributed by atoms with Crippen LogP contribution in [0.4, 0.5) is 0 Å². The van der Waals surface area contributed by atoms with E-state index in [-0.39, 0.29) is 0 Å². The predicted octanol–water partition coefficient (Wildman–Crippen LogP) is 13.4. The van der Waals surface area contributed by atoms with Crippen LogP contribution in [0.3, 0.4) is 0 Å². The van der Waals surface area contributed by atoms with Gasteiger partial charge in [-0.3, -0.25) is 0 Å². The zero-order chi connectivity index (χ0) is 37.0. The van der Waals surface area contributed by atoms with Gasteiger partial charge in [0.15, 0.2) is 5.82 Å². The molecule has 0 bridgehead atoms. The molecule has 8 aromatic carbocycles. The molecule has 0 saturated carbocycles. The minimum atomic E-state index is 0.704. The molecule has 0 fully saturated rings. The van der Waals surface area contributed by atoms with Crippen molar-refractivity contribution in [2.24, 2.45) is 0 Å². The van der Waals surface area contributed by atoms with E-state index in [0.29, 0.717) is 5.82 Å².